The first kappa shape index (κ1) is 15.5. The van der Waals surface area contributed by atoms with Crippen LogP contribution in [0, 0.1) is 0 Å². The monoisotopic (exact) mass is 307 g/mol. The third-order valence-corrected chi connectivity index (χ3v) is 3.48. The van der Waals surface area contributed by atoms with Crippen molar-refractivity contribution in [3.63, 3.8) is 0 Å². The van der Waals surface area contributed by atoms with Gasteiger partial charge in [-0.2, -0.15) is 13.2 Å². The maximum Gasteiger partial charge on any atom is 0.425 e. The summed E-state index contributed by atoms with van der Waals surface area (Å²) in [7, 11) is 0. The topological polar surface area (TPSA) is 59.4 Å². The fourth-order valence-corrected chi connectivity index (χ4v) is 2.00. The minimum Gasteiger partial charge on any atom is -0.481 e. The molecule has 0 spiro atoms. The highest BCUT2D eigenvalue weighted by Crippen LogP contribution is 2.48. The van der Waals surface area contributed by atoms with Crippen LogP contribution in [0.15, 0.2) is 12.3 Å². The van der Waals surface area contributed by atoms with E-state index in [1.807, 2.05) is 0 Å². The number of pyridine rings is 1. The number of carboxylic acid groups (broad SMARTS) is 1. The second kappa shape index (κ2) is 5.16. The lowest BCUT2D eigenvalue weighted by molar-refractivity contribution is -0.189. The van der Waals surface area contributed by atoms with Crippen molar-refractivity contribution < 1.29 is 32.2 Å². The Morgan fingerprint density at radius 3 is 2.52 bits per heavy atom. The molecule has 1 aromatic heterocycles. The zero-order valence-corrected chi connectivity index (χ0v) is 11.1. The van der Waals surface area contributed by atoms with E-state index in [0.29, 0.717) is 6.42 Å². The molecule has 0 unspecified atom stereocenters. The molecule has 8 heteroatoms. The van der Waals surface area contributed by atoms with Gasteiger partial charge in [-0.05, 0) is 26.2 Å². The Labute approximate surface area is 117 Å². The second-order valence-corrected chi connectivity index (χ2v) is 4.99. The minimum atomic E-state index is -4.63. The van der Waals surface area contributed by atoms with Crippen LogP contribution in [0.5, 0.6) is 5.75 Å². The SMILES string of the molecule is C[C@H](Oc1cc(C(=O)O)ncc1C1(F)CCC1)C(F)(F)F. The van der Waals surface area contributed by atoms with Crippen molar-refractivity contribution in [1.82, 2.24) is 4.98 Å². The molecular formula is C13H13F4NO3. The van der Waals surface area contributed by atoms with E-state index >= 15 is 0 Å². The number of aromatic carboxylic acids is 1. The molecule has 0 aliphatic heterocycles. The van der Waals surface area contributed by atoms with E-state index in [1.165, 1.54) is 0 Å². The van der Waals surface area contributed by atoms with Crippen LogP contribution < -0.4 is 4.74 Å². The summed E-state index contributed by atoms with van der Waals surface area (Å²) in [4.78, 5) is 14.4. The molecule has 1 atom stereocenters. The predicted molar refractivity (Wildman–Crippen MR) is 64.0 cm³/mol. The van der Waals surface area contributed by atoms with Gasteiger partial charge >= 0.3 is 12.1 Å². The third kappa shape index (κ3) is 3.08. The number of rotatable bonds is 4. The van der Waals surface area contributed by atoms with Crippen LogP contribution in [0.25, 0.3) is 0 Å². The number of carboxylic acids is 1. The summed E-state index contributed by atoms with van der Waals surface area (Å²) in [6.45, 7) is 0.774. The summed E-state index contributed by atoms with van der Waals surface area (Å²) < 4.78 is 56.9. The fourth-order valence-electron chi connectivity index (χ4n) is 2.00. The van der Waals surface area contributed by atoms with Crippen LogP contribution in [0.3, 0.4) is 0 Å². The van der Waals surface area contributed by atoms with Gasteiger partial charge in [0.15, 0.2) is 11.8 Å². The molecule has 1 N–H and O–H groups in total. The predicted octanol–water partition coefficient (Wildman–Crippen LogP) is 3.46. The first-order valence-electron chi connectivity index (χ1n) is 6.29. The molecule has 1 aromatic rings. The van der Waals surface area contributed by atoms with Gasteiger partial charge in [0.05, 0.1) is 0 Å². The van der Waals surface area contributed by atoms with Gasteiger partial charge in [0.25, 0.3) is 0 Å². The van der Waals surface area contributed by atoms with Gasteiger partial charge in [-0.3, -0.25) is 0 Å². The van der Waals surface area contributed by atoms with Gasteiger partial charge in [-0.15, -0.1) is 0 Å². The molecule has 116 valence electrons. The highest BCUT2D eigenvalue weighted by Gasteiger charge is 2.44. The Balaban J connectivity index is 2.39. The Morgan fingerprint density at radius 2 is 2.10 bits per heavy atom. The van der Waals surface area contributed by atoms with Crippen LogP contribution in [0.4, 0.5) is 17.6 Å². The van der Waals surface area contributed by atoms with E-state index in [0.717, 1.165) is 19.2 Å². The summed E-state index contributed by atoms with van der Waals surface area (Å²) >= 11 is 0. The molecule has 0 amide bonds. The van der Waals surface area contributed by atoms with Crippen LogP contribution in [0.2, 0.25) is 0 Å². The fraction of sp³-hybridized carbons (Fsp3) is 0.538. The van der Waals surface area contributed by atoms with Gasteiger partial charge in [-0.25, -0.2) is 14.2 Å². The smallest absolute Gasteiger partial charge is 0.425 e. The maximum atomic E-state index is 14.4. The molecule has 1 fully saturated rings. The number of halogens is 4. The van der Waals surface area contributed by atoms with Crippen molar-refractivity contribution in [1.29, 1.82) is 0 Å². The van der Waals surface area contributed by atoms with Gasteiger partial charge in [-0.1, -0.05) is 0 Å². The summed E-state index contributed by atoms with van der Waals surface area (Å²) in [6, 6.07) is 0.833. The lowest BCUT2D eigenvalue weighted by atomic mass is 9.77. The van der Waals surface area contributed by atoms with Crippen LogP contribution in [-0.4, -0.2) is 28.3 Å². The average Bonchev–Trinajstić information content (AvgIpc) is 2.34. The lowest BCUT2D eigenvalue weighted by Gasteiger charge is -2.35. The van der Waals surface area contributed by atoms with Crippen molar-refractivity contribution in [2.24, 2.45) is 0 Å². The van der Waals surface area contributed by atoms with E-state index in [9.17, 15) is 22.4 Å². The number of alkyl halides is 4. The molecule has 21 heavy (non-hydrogen) atoms. The highest BCUT2D eigenvalue weighted by molar-refractivity contribution is 5.85. The van der Waals surface area contributed by atoms with Crippen LogP contribution in [0.1, 0.15) is 42.2 Å². The Hall–Kier alpha value is -1.86. The number of aromatic nitrogens is 1. The number of carbonyl (C=O) groups is 1. The quantitative estimate of drug-likeness (QED) is 0.865. The molecule has 1 saturated carbocycles. The van der Waals surface area contributed by atoms with Gasteiger partial charge in [0.1, 0.15) is 11.4 Å². The van der Waals surface area contributed by atoms with Crippen molar-refractivity contribution in [2.45, 2.75) is 44.1 Å². The van der Waals surface area contributed by atoms with Crippen molar-refractivity contribution >= 4 is 5.97 Å². The molecule has 4 nitrogen and oxygen atoms in total. The molecule has 2 rings (SSSR count). The molecule has 0 radical (unpaired) electrons. The maximum absolute atomic E-state index is 14.4. The van der Waals surface area contributed by atoms with E-state index in [1.54, 1.807) is 0 Å². The van der Waals surface area contributed by atoms with E-state index < -0.39 is 35.4 Å². The van der Waals surface area contributed by atoms with Crippen molar-refractivity contribution in [2.75, 3.05) is 0 Å². The van der Waals surface area contributed by atoms with Crippen LogP contribution >= 0.6 is 0 Å². The second-order valence-electron chi connectivity index (χ2n) is 4.99. The summed E-state index contributed by atoms with van der Waals surface area (Å²) in [5.74, 6) is -1.85. The summed E-state index contributed by atoms with van der Waals surface area (Å²) in [5.41, 5.74) is -2.43. The number of hydrogen-bond donors (Lipinski definition) is 1. The molecule has 1 heterocycles. The first-order valence-corrected chi connectivity index (χ1v) is 6.29. The largest absolute Gasteiger partial charge is 0.481 e. The molecule has 0 saturated heterocycles. The minimum absolute atomic E-state index is 0.130. The Kier molecular flexibility index (Phi) is 3.81. The first-order chi connectivity index (χ1) is 9.63. The number of nitrogens with zero attached hydrogens (tertiary/aromatic N) is 1. The van der Waals surface area contributed by atoms with E-state index in [4.69, 9.17) is 9.84 Å². The zero-order chi connectivity index (χ0) is 15.8. The summed E-state index contributed by atoms with van der Waals surface area (Å²) in [5, 5.41) is 8.83. The van der Waals surface area contributed by atoms with Crippen LogP contribution in [-0.2, 0) is 5.67 Å². The Morgan fingerprint density at radius 1 is 1.48 bits per heavy atom. The molecule has 1 aliphatic rings. The molecule has 0 aromatic carbocycles. The molecule has 0 bridgehead atoms. The van der Waals surface area contributed by atoms with E-state index in [-0.39, 0.29) is 18.4 Å². The van der Waals surface area contributed by atoms with Gasteiger partial charge in [0, 0.05) is 17.8 Å². The highest BCUT2D eigenvalue weighted by atomic mass is 19.4. The standard InChI is InChI=1S/C13H13F4NO3/c1-7(13(15,16)17)21-10-5-9(11(19)20)18-6-8(10)12(14)3-2-4-12/h5-7H,2-4H2,1H3,(H,19,20)/t7-/m0/s1. The average molecular weight is 307 g/mol. The normalized spacial score (nSPS) is 18.7. The van der Waals surface area contributed by atoms with Gasteiger partial charge in [0.2, 0.25) is 0 Å². The van der Waals surface area contributed by atoms with E-state index in [2.05, 4.69) is 4.98 Å². The van der Waals surface area contributed by atoms with Gasteiger partial charge < -0.3 is 9.84 Å². The lowest BCUT2D eigenvalue weighted by Crippen LogP contribution is -2.34. The summed E-state index contributed by atoms with van der Waals surface area (Å²) in [6.07, 6.45) is -4.96. The molecular weight excluding hydrogens is 294 g/mol. The molecule has 1 aliphatic carbocycles. The van der Waals surface area contributed by atoms with Crippen molar-refractivity contribution in [3.8, 4) is 5.75 Å². The Bertz CT molecular complexity index is 555. The zero-order valence-electron chi connectivity index (χ0n) is 11.1. The third-order valence-electron chi connectivity index (χ3n) is 3.48. The number of ether oxygens (including phenoxy) is 1. The number of hydrogen-bond acceptors (Lipinski definition) is 3. The van der Waals surface area contributed by atoms with Crippen molar-refractivity contribution in [3.05, 3.63) is 23.5 Å².